The lowest BCUT2D eigenvalue weighted by atomic mass is 9.94. The van der Waals surface area contributed by atoms with Crippen molar-refractivity contribution in [2.24, 2.45) is 9.98 Å². The van der Waals surface area contributed by atoms with Crippen LogP contribution in [0, 0.1) is 0 Å². The molecule has 0 bridgehead atoms. The van der Waals surface area contributed by atoms with Crippen LogP contribution in [-0.2, 0) is 0 Å². The van der Waals surface area contributed by atoms with Crippen LogP contribution in [0.2, 0.25) is 0 Å². The van der Waals surface area contributed by atoms with Gasteiger partial charge in [-0.15, -0.1) is 0 Å². The minimum Gasteiger partial charge on any atom is -0.356 e. The fourth-order valence-corrected chi connectivity index (χ4v) is 7.41. The highest BCUT2D eigenvalue weighted by Crippen LogP contribution is 2.36. The van der Waals surface area contributed by atoms with Crippen LogP contribution in [0.15, 0.2) is 150 Å². The van der Waals surface area contributed by atoms with Gasteiger partial charge in [-0.1, -0.05) is 115 Å². The molecule has 0 fully saturated rings. The molecule has 2 unspecified atom stereocenters. The highest BCUT2D eigenvalue weighted by Gasteiger charge is 2.29. The van der Waals surface area contributed by atoms with Gasteiger partial charge < -0.3 is 10.3 Å². The summed E-state index contributed by atoms with van der Waals surface area (Å²) < 4.78 is 0. The van der Waals surface area contributed by atoms with E-state index in [0.29, 0.717) is 0 Å². The molecule has 5 heteroatoms. The summed E-state index contributed by atoms with van der Waals surface area (Å²) in [6.45, 7) is 0. The summed E-state index contributed by atoms with van der Waals surface area (Å²) in [4.78, 5) is 13.7. The lowest BCUT2D eigenvalue weighted by Gasteiger charge is -2.32. The number of nitrogens with zero attached hydrogens (tertiary/aromatic N) is 2. The summed E-state index contributed by atoms with van der Waals surface area (Å²) >= 11 is 0. The van der Waals surface area contributed by atoms with E-state index in [0.717, 1.165) is 39.3 Å². The molecule has 2 aliphatic rings. The van der Waals surface area contributed by atoms with Crippen LogP contribution in [0.3, 0.4) is 0 Å². The molecule has 7 aromatic carbocycles. The van der Waals surface area contributed by atoms with Crippen LogP contribution in [0.5, 0.6) is 0 Å². The first-order chi connectivity index (χ1) is 23.3. The number of fused-ring (bicyclic) bond motifs is 7. The third-order valence-corrected chi connectivity index (χ3v) is 9.69. The molecular formula is C42H29N5. The number of rotatable bonds is 4. The van der Waals surface area contributed by atoms with Crippen LogP contribution in [-0.4, -0.2) is 10.8 Å². The summed E-state index contributed by atoms with van der Waals surface area (Å²) in [5.74, 6) is 0.863. The predicted octanol–water partition coefficient (Wildman–Crippen LogP) is 8.00. The Morgan fingerprint density at radius 3 is 1.94 bits per heavy atom. The van der Waals surface area contributed by atoms with E-state index in [1.165, 1.54) is 48.3 Å². The van der Waals surface area contributed by atoms with Gasteiger partial charge in [0.15, 0.2) is 0 Å². The van der Waals surface area contributed by atoms with Gasteiger partial charge in [-0.25, -0.2) is 4.99 Å². The van der Waals surface area contributed by atoms with Crippen molar-refractivity contribution < 1.29 is 0 Å². The highest BCUT2D eigenvalue weighted by atomic mass is 15.3. The average Bonchev–Trinajstić information content (AvgIpc) is 3.62. The first kappa shape index (κ1) is 26.2. The number of hydrogen-bond acceptors (Lipinski definition) is 4. The van der Waals surface area contributed by atoms with E-state index in [2.05, 4.69) is 160 Å². The van der Waals surface area contributed by atoms with Gasteiger partial charge in [0.1, 0.15) is 18.2 Å². The fraction of sp³-hybridized carbons (Fsp3) is 0.0476. The Morgan fingerprint density at radius 2 is 1.19 bits per heavy atom. The molecule has 5 nitrogen and oxygen atoms in total. The van der Waals surface area contributed by atoms with Crippen molar-refractivity contribution in [2.75, 3.05) is 0 Å². The normalized spacial score (nSPS) is 17.1. The van der Waals surface area contributed by atoms with Crippen molar-refractivity contribution in [1.82, 2.24) is 15.6 Å². The van der Waals surface area contributed by atoms with Gasteiger partial charge >= 0.3 is 0 Å². The lowest BCUT2D eigenvalue weighted by molar-refractivity contribution is 0.405. The smallest absolute Gasteiger partial charge is 0.132 e. The number of aromatic amines is 1. The zero-order valence-corrected chi connectivity index (χ0v) is 25.4. The lowest BCUT2D eigenvalue weighted by Crippen LogP contribution is -2.45. The fourth-order valence-electron chi connectivity index (χ4n) is 7.41. The second-order valence-corrected chi connectivity index (χ2v) is 12.4. The van der Waals surface area contributed by atoms with Gasteiger partial charge in [0.2, 0.25) is 0 Å². The second kappa shape index (κ2) is 10.2. The summed E-state index contributed by atoms with van der Waals surface area (Å²) in [6, 6.07) is 49.8. The summed E-state index contributed by atoms with van der Waals surface area (Å²) in [5, 5.41) is 19.6. The van der Waals surface area contributed by atoms with E-state index in [1.807, 2.05) is 6.20 Å². The molecule has 0 saturated heterocycles. The van der Waals surface area contributed by atoms with E-state index < -0.39 is 0 Å². The summed E-state index contributed by atoms with van der Waals surface area (Å²) in [7, 11) is 0. The summed E-state index contributed by atoms with van der Waals surface area (Å²) in [6.07, 6.45) is 1.39. The average molecular weight is 604 g/mol. The van der Waals surface area contributed by atoms with E-state index in [1.54, 1.807) is 0 Å². The van der Waals surface area contributed by atoms with Gasteiger partial charge in [0, 0.05) is 28.2 Å². The standard InChI is InChI=1S/C42H29N5/c1-3-13-28-25(10-1)22-35(32-17-7-5-15-30(28)32)40-45-41(36-23-26-11-2-4-14-29(26)31-16-6-8-18-33(31)36)47-42(46-40)38-21-20-37(44-38)34-19-9-12-27-24-43-39(27)34/h1-24,40,42,44,46H,(H,45,47). The van der Waals surface area contributed by atoms with E-state index >= 15 is 0 Å². The number of aromatic nitrogens is 1. The summed E-state index contributed by atoms with van der Waals surface area (Å²) in [5.41, 5.74) is 5.43. The number of H-pyrrole nitrogens is 1. The maximum Gasteiger partial charge on any atom is 0.132 e. The first-order valence-electron chi connectivity index (χ1n) is 16.1. The topological polar surface area (TPSA) is 64.6 Å². The highest BCUT2D eigenvalue weighted by molar-refractivity contribution is 6.18. The van der Waals surface area contributed by atoms with Crippen molar-refractivity contribution in [3.63, 3.8) is 0 Å². The zero-order valence-electron chi connectivity index (χ0n) is 25.4. The minimum atomic E-state index is -0.301. The van der Waals surface area contributed by atoms with Crippen molar-refractivity contribution in [3.8, 4) is 11.3 Å². The van der Waals surface area contributed by atoms with Crippen molar-refractivity contribution in [3.05, 3.63) is 167 Å². The quantitative estimate of drug-likeness (QED) is 0.179. The molecule has 47 heavy (non-hydrogen) atoms. The second-order valence-electron chi connectivity index (χ2n) is 12.4. The van der Waals surface area contributed by atoms with Crippen molar-refractivity contribution in [2.45, 2.75) is 12.3 Å². The van der Waals surface area contributed by atoms with Crippen LogP contribution in [0.1, 0.15) is 29.2 Å². The van der Waals surface area contributed by atoms with Crippen molar-refractivity contribution >= 4 is 55.1 Å². The molecule has 0 saturated carbocycles. The third-order valence-electron chi connectivity index (χ3n) is 9.69. The van der Waals surface area contributed by atoms with Gasteiger partial charge in [-0.3, -0.25) is 10.3 Å². The molecule has 2 atom stereocenters. The number of benzene rings is 7. The van der Waals surface area contributed by atoms with Crippen LogP contribution in [0.4, 0.5) is 0 Å². The molecule has 8 aromatic rings. The maximum atomic E-state index is 5.47. The van der Waals surface area contributed by atoms with Gasteiger partial charge in [-0.05, 0) is 72.9 Å². The minimum absolute atomic E-state index is 0.227. The SMILES string of the molecule is C1=c2cccc(-c3ccc(C4NC(c5cc6ccccc6c6ccccc56)=NC(c5cc6ccccc6c6ccccc56)N4)[nH]3)c2=N1. The van der Waals surface area contributed by atoms with Crippen LogP contribution < -0.4 is 21.2 Å². The Balaban J connectivity index is 1.18. The molecule has 222 valence electrons. The Morgan fingerprint density at radius 1 is 0.532 bits per heavy atom. The molecule has 0 radical (unpaired) electrons. The molecule has 3 heterocycles. The number of amidine groups is 1. The molecule has 2 aliphatic heterocycles. The van der Waals surface area contributed by atoms with Crippen LogP contribution in [0.25, 0.3) is 60.5 Å². The number of hydrogen-bond donors (Lipinski definition) is 3. The number of para-hydroxylation sites is 1. The molecule has 0 aliphatic carbocycles. The number of aliphatic imine (C=N–C) groups is 1. The van der Waals surface area contributed by atoms with E-state index in [4.69, 9.17) is 4.99 Å². The molecular weight excluding hydrogens is 574 g/mol. The maximum absolute atomic E-state index is 5.47. The van der Waals surface area contributed by atoms with Gasteiger partial charge in [0.25, 0.3) is 0 Å². The third kappa shape index (κ3) is 4.14. The first-order valence-corrected chi connectivity index (χ1v) is 16.1. The molecule has 1 aromatic heterocycles. The van der Waals surface area contributed by atoms with E-state index in [9.17, 15) is 0 Å². The largest absolute Gasteiger partial charge is 0.356 e. The molecule has 0 amide bonds. The van der Waals surface area contributed by atoms with Gasteiger partial charge in [-0.2, -0.15) is 0 Å². The zero-order chi connectivity index (χ0) is 30.9. The Kier molecular flexibility index (Phi) is 5.71. The van der Waals surface area contributed by atoms with Gasteiger partial charge in [0.05, 0.1) is 11.1 Å². The van der Waals surface area contributed by atoms with E-state index in [-0.39, 0.29) is 12.3 Å². The molecule has 10 rings (SSSR count). The Labute approximate surface area is 270 Å². The monoisotopic (exact) mass is 603 g/mol. The molecule has 3 N–H and O–H groups in total. The Hall–Kier alpha value is -6.04. The van der Waals surface area contributed by atoms with Crippen molar-refractivity contribution in [1.29, 1.82) is 0 Å². The predicted molar refractivity (Wildman–Crippen MR) is 193 cm³/mol. The molecule has 0 spiro atoms. The Bertz CT molecular complexity index is 2720. The number of nitrogens with one attached hydrogen (secondary N) is 3. The van der Waals surface area contributed by atoms with Crippen LogP contribution >= 0.6 is 0 Å².